The lowest BCUT2D eigenvalue weighted by atomic mass is 10.2. The van der Waals surface area contributed by atoms with Gasteiger partial charge in [-0.05, 0) is 25.8 Å². The zero-order valence-electron chi connectivity index (χ0n) is 11.5. The summed E-state index contributed by atoms with van der Waals surface area (Å²) in [6.45, 7) is 2.84. The molecule has 0 unspecified atom stereocenters. The molecule has 2 rings (SSSR count). The van der Waals surface area contributed by atoms with Crippen LogP contribution in [0, 0.1) is 0 Å². The highest BCUT2D eigenvalue weighted by Crippen LogP contribution is 2.25. The summed E-state index contributed by atoms with van der Waals surface area (Å²) in [5.41, 5.74) is 7.36. The molecule has 1 aliphatic carbocycles. The average molecular weight is 263 g/mol. The molecule has 1 aromatic rings. The van der Waals surface area contributed by atoms with Gasteiger partial charge in [0.05, 0.1) is 13.2 Å². The minimum atomic E-state index is 0.0467. The van der Waals surface area contributed by atoms with E-state index in [-0.39, 0.29) is 5.91 Å². The highest BCUT2D eigenvalue weighted by Gasteiger charge is 2.23. The molecular weight excluding hydrogens is 242 g/mol. The molecule has 5 heteroatoms. The van der Waals surface area contributed by atoms with Gasteiger partial charge in [-0.15, -0.1) is 0 Å². The van der Waals surface area contributed by atoms with Crippen LogP contribution in [0.15, 0.2) is 18.2 Å². The van der Waals surface area contributed by atoms with E-state index in [9.17, 15) is 4.79 Å². The van der Waals surface area contributed by atoms with Crippen LogP contribution in [0.3, 0.4) is 0 Å². The van der Waals surface area contributed by atoms with E-state index in [1.165, 1.54) is 0 Å². The predicted molar refractivity (Wildman–Crippen MR) is 76.5 cm³/mol. The van der Waals surface area contributed by atoms with Gasteiger partial charge < -0.3 is 20.7 Å². The molecule has 0 heterocycles. The molecule has 0 spiro atoms. The molecule has 0 aliphatic heterocycles. The Balaban J connectivity index is 2.00. The van der Waals surface area contributed by atoms with Gasteiger partial charge in [0.2, 0.25) is 5.91 Å². The Morgan fingerprint density at radius 1 is 1.47 bits per heavy atom. The molecule has 0 saturated heterocycles. The van der Waals surface area contributed by atoms with Gasteiger partial charge in [-0.3, -0.25) is 4.79 Å². The maximum atomic E-state index is 11.8. The van der Waals surface area contributed by atoms with Gasteiger partial charge >= 0.3 is 0 Å². The number of amides is 1. The number of rotatable bonds is 6. The Kier molecular flexibility index (Phi) is 4.14. The Morgan fingerprint density at radius 3 is 2.84 bits per heavy atom. The van der Waals surface area contributed by atoms with Crippen molar-refractivity contribution in [3.63, 3.8) is 0 Å². The Morgan fingerprint density at radius 2 is 2.21 bits per heavy atom. The van der Waals surface area contributed by atoms with Crippen molar-refractivity contribution in [3.8, 4) is 5.75 Å². The molecule has 0 atom stereocenters. The van der Waals surface area contributed by atoms with Crippen LogP contribution >= 0.6 is 0 Å². The second-order valence-corrected chi connectivity index (χ2v) is 4.89. The predicted octanol–water partition coefficient (Wildman–Crippen LogP) is 1.38. The number of carbonyl (C=O) groups excluding carboxylic acids is 1. The minimum absolute atomic E-state index is 0.0467. The molecule has 0 radical (unpaired) electrons. The Hall–Kier alpha value is -1.91. The van der Waals surface area contributed by atoms with Crippen LogP contribution in [0.2, 0.25) is 0 Å². The van der Waals surface area contributed by atoms with Gasteiger partial charge in [-0.25, -0.2) is 0 Å². The molecule has 3 N–H and O–H groups in total. The topological polar surface area (TPSA) is 67.6 Å². The van der Waals surface area contributed by atoms with Crippen LogP contribution in [-0.4, -0.2) is 32.1 Å². The average Bonchev–Trinajstić information content (AvgIpc) is 3.12. The number of carbonyl (C=O) groups is 1. The van der Waals surface area contributed by atoms with Crippen molar-refractivity contribution < 1.29 is 9.53 Å². The number of hydrogen-bond acceptors (Lipinski definition) is 4. The number of hydrogen-bond donors (Lipinski definition) is 2. The summed E-state index contributed by atoms with van der Waals surface area (Å²) >= 11 is 0. The zero-order chi connectivity index (χ0) is 13.8. The fourth-order valence-corrected chi connectivity index (χ4v) is 1.88. The van der Waals surface area contributed by atoms with Crippen molar-refractivity contribution in [3.05, 3.63) is 18.2 Å². The van der Waals surface area contributed by atoms with Gasteiger partial charge in [0.1, 0.15) is 5.75 Å². The van der Waals surface area contributed by atoms with Gasteiger partial charge in [0.25, 0.3) is 0 Å². The summed E-state index contributed by atoms with van der Waals surface area (Å²) in [5, 5.41) is 2.97. The van der Waals surface area contributed by atoms with Gasteiger partial charge in [-0.2, -0.15) is 0 Å². The van der Waals surface area contributed by atoms with E-state index in [2.05, 4.69) is 5.32 Å². The Bertz CT molecular complexity index is 458. The number of nitrogens with two attached hydrogens (primary N) is 1. The van der Waals surface area contributed by atoms with Crippen molar-refractivity contribution in [2.45, 2.75) is 25.8 Å². The van der Waals surface area contributed by atoms with Gasteiger partial charge in [-0.1, -0.05) is 0 Å². The van der Waals surface area contributed by atoms with Crippen LogP contribution < -0.4 is 20.7 Å². The van der Waals surface area contributed by atoms with Crippen LogP contribution in [-0.2, 0) is 4.79 Å². The summed E-state index contributed by atoms with van der Waals surface area (Å²) in [4.78, 5) is 13.6. The number of nitrogens with zero attached hydrogens (tertiary/aromatic N) is 1. The first-order chi connectivity index (χ1) is 9.08. The largest absolute Gasteiger partial charge is 0.494 e. The molecule has 1 aromatic carbocycles. The molecular formula is C14H21N3O2. The first-order valence-electron chi connectivity index (χ1n) is 6.62. The van der Waals surface area contributed by atoms with E-state index in [4.69, 9.17) is 10.5 Å². The van der Waals surface area contributed by atoms with E-state index in [1.54, 1.807) is 6.07 Å². The highest BCUT2D eigenvalue weighted by atomic mass is 16.5. The summed E-state index contributed by atoms with van der Waals surface area (Å²) in [6, 6.07) is 5.91. The summed E-state index contributed by atoms with van der Waals surface area (Å²) in [7, 11) is 1.87. The third kappa shape index (κ3) is 4.05. The van der Waals surface area contributed by atoms with Gasteiger partial charge in [0.15, 0.2) is 0 Å². The minimum Gasteiger partial charge on any atom is -0.494 e. The first-order valence-corrected chi connectivity index (χ1v) is 6.62. The van der Waals surface area contributed by atoms with Crippen molar-refractivity contribution >= 4 is 17.3 Å². The van der Waals surface area contributed by atoms with Crippen molar-refractivity contribution in [1.82, 2.24) is 5.32 Å². The molecule has 1 aliphatic rings. The maximum Gasteiger partial charge on any atom is 0.239 e. The second-order valence-electron chi connectivity index (χ2n) is 4.89. The van der Waals surface area contributed by atoms with Crippen molar-refractivity contribution in [2.75, 3.05) is 30.8 Å². The quantitative estimate of drug-likeness (QED) is 0.761. The van der Waals surface area contributed by atoms with E-state index in [0.717, 1.165) is 24.3 Å². The standard InChI is InChI=1S/C14H21N3O2/c1-3-19-13-7-10(15)6-12(8-13)17(2)9-14(18)16-11-4-5-11/h6-8,11H,3-5,9,15H2,1-2H3,(H,16,18). The van der Waals surface area contributed by atoms with E-state index >= 15 is 0 Å². The molecule has 1 fully saturated rings. The first kappa shape index (κ1) is 13.5. The Labute approximate surface area is 113 Å². The third-order valence-electron chi connectivity index (χ3n) is 2.99. The number of anilines is 2. The smallest absolute Gasteiger partial charge is 0.239 e. The number of ether oxygens (including phenoxy) is 1. The number of benzene rings is 1. The second kappa shape index (κ2) is 5.82. The summed E-state index contributed by atoms with van der Waals surface area (Å²) in [5.74, 6) is 0.775. The zero-order valence-corrected chi connectivity index (χ0v) is 11.5. The normalized spacial score (nSPS) is 14.0. The summed E-state index contributed by atoms with van der Waals surface area (Å²) < 4.78 is 5.45. The van der Waals surface area contributed by atoms with Crippen molar-refractivity contribution in [1.29, 1.82) is 0 Å². The molecule has 104 valence electrons. The van der Waals surface area contributed by atoms with E-state index in [1.807, 2.05) is 31.0 Å². The number of likely N-dealkylation sites (N-methyl/N-ethyl adjacent to an activating group) is 1. The number of nitrogen functional groups attached to an aromatic ring is 1. The van der Waals surface area contributed by atoms with Crippen LogP contribution in [0.1, 0.15) is 19.8 Å². The third-order valence-corrected chi connectivity index (χ3v) is 2.99. The highest BCUT2D eigenvalue weighted by molar-refractivity contribution is 5.82. The van der Waals surface area contributed by atoms with Gasteiger partial charge in [0, 0.05) is 36.6 Å². The number of nitrogens with one attached hydrogen (secondary N) is 1. The summed E-state index contributed by atoms with van der Waals surface area (Å²) in [6.07, 6.45) is 2.20. The van der Waals surface area contributed by atoms with E-state index in [0.29, 0.717) is 24.9 Å². The van der Waals surface area contributed by atoms with Crippen LogP contribution in [0.5, 0.6) is 5.75 Å². The monoisotopic (exact) mass is 263 g/mol. The maximum absolute atomic E-state index is 11.8. The molecule has 1 saturated carbocycles. The fourth-order valence-electron chi connectivity index (χ4n) is 1.88. The lowest BCUT2D eigenvalue weighted by molar-refractivity contribution is -0.119. The fraction of sp³-hybridized carbons (Fsp3) is 0.500. The van der Waals surface area contributed by atoms with Crippen molar-refractivity contribution in [2.24, 2.45) is 0 Å². The van der Waals surface area contributed by atoms with Crippen LogP contribution in [0.25, 0.3) is 0 Å². The SMILES string of the molecule is CCOc1cc(N)cc(N(C)CC(=O)NC2CC2)c1. The lowest BCUT2D eigenvalue weighted by Gasteiger charge is -2.20. The molecule has 0 bridgehead atoms. The molecule has 1 amide bonds. The molecule has 0 aromatic heterocycles. The lowest BCUT2D eigenvalue weighted by Crippen LogP contribution is -2.36. The molecule has 5 nitrogen and oxygen atoms in total. The van der Waals surface area contributed by atoms with E-state index < -0.39 is 0 Å². The molecule has 19 heavy (non-hydrogen) atoms. The van der Waals surface area contributed by atoms with Crippen LogP contribution in [0.4, 0.5) is 11.4 Å².